The highest BCUT2D eigenvalue weighted by molar-refractivity contribution is 6.01. The van der Waals surface area contributed by atoms with Gasteiger partial charge in [-0.3, -0.25) is 4.79 Å². The topological polar surface area (TPSA) is 62.2 Å². The van der Waals surface area contributed by atoms with Gasteiger partial charge in [-0.15, -0.1) is 0 Å². The van der Waals surface area contributed by atoms with Crippen molar-refractivity contribution in [1.29, 1.82) is 5.41 Å². The second kappa shape index (κ2) is 4.21. The molecule has 0 aromatic rings. The number of piperidine rings is 1. The molecule has 12 heavy (non-hydrogen) atoms. The summed E-state index contributed by atoms with van der Waals surface area (Å²) in [4.78, 5) is 11.2. The van der Waals surface area contributed by atoms with Gasteiger partial charge in [-0.25, -0.2) is 0 Å². The van der Waals surface area contributed by atoms with E-state index in [1.165, 1.54) is 0 Å². The predicted molar refractivity (Wildman–Crippen MR) is 45.3 cm³/mol. The fourth-order valence-electron chi connectivity index (χ4n) is 1.24. The minimum Gasteiger partial charge on any atom is -0.465 e. The van der Waals surface area contributed by atoms with Crippen molar-refractivity contribution in [1.82, 2.24) is 5.32 Å². The van der Waals surface area contributed by atoms with Crippen LogP contribution in [0, 0.1) is 11.3 Å². The van der Waals surface area contributed by atoms with Crippen molar-refractivity contribution in [3.8, 4) is 0 Å². The maximum atomic E-state index is 11.2. The Morgan fingerprint density at radius 2 is 2.58 bits per heavy atom. The van der Waals surface area contributed by atoms with Gasteiger partial charge in [0, 0.05) is 18.8 Å². The van der Waals surface area contributed by atoms with Crippen molar-refractivity contribution in [3.05, 3.63) is 0 Å². The fourth-order valence-corrected chi connectivity index (χ4v) is 1.24. The van der Waals surface area contributed by atoms with E-state index < -0.39 is 0 Å². The first kappa shape index (κ1) is 9.19. The Morgan fingerprint density at radius 3 is 3.17 bits per heavy atom. The van der Waals surface area contributed by atoms with Crippen LogP contribution in [0.3, 0.4) is 0 Å². The maximum absolute atomic E-state index is 11.2. The van der Waals surface area contributed by atoms with Gasteiger partial charge < -0.3 is 15.5 Å². The Balaban J connectivity index is 2.48. The number of hydrogen-bond acceptors (Lipinski definition) is 4. The molecule has 0 amide bonds. The molecule has 0 saturated carbocycles. The van der Waals surface area contributed by atoms with Crippen molar-refractivity contribution < 1.29 is 9.53 Å². The molecule has 0 spiro atoms. The van der Waals surface area contributed by atoms with Crippen LogP contribution in [-0.2, 0) is 9.53 Å². The Bertz CT molecular complexity index is 191. The van der Waals surface area contributed by atoms with E-state index >= 15 is 0 Å². The zero-order chi connectivity index (χ0) is 8.97. The highest BCUT2D eigenvalue weighted by Gasteiger charge is 2.26. The third-order valence-corrected chi connectivity index (χ3v) is 1.91. The first-order chi connectivity index (χ1) is 5.75. The van der Waals surface area contributed by atoms with Crippen molar-refractivity contribution in [2.75, 3.05) is 19.7 Å². The van der Waals surface area contributed by atoms with E-state index in [0.29, 0.717) is 25.3 Å². The van der Waals surface area contributed by atoms with Crippen LogP contribution in [0.4, 0.5) is 0 Å². The summed E-state index contributed by atoms with van der Waals surface area (Å²) in [5.41, 5.74) is 0.493. The zero-order valence-corrected chi connectivity index (χ0v) is 7.22. The molecule has 1 aliphatic heterocycles. The number of esters is 1. The van der Waals surface area contributed by atoms with Gasteiger partial charge >= 0.3 is 5.97 Å². The van der Waals surface area contributed by atoms with Gasteiger partial charge in [0.25, 0.3) is 0 Å². The molecule has 4 nitrogen and oxygen atoms in total. The highest BCUT2D eigenvalue weighted by Crippen LogP contribution is 2.07. The summed E-state index contributed by atoms with van der Waals surface area (Å²) in [6, 6.07) is 0. The van der Waals surface area contributed by atoms with E-state index in [2.05, 4.69) is 5.32 Å². The molecule has 68 valence electrons. The van der Waals surface area contributed by atoms with E-state index in [1.807, 2.05) is 0 Å². The van der Waals surface area contributed by atoms with E-state index in [9.17, 15) is 4.79 Å². The van der Waals surface area contributed by atoms with Crippen LogP contribution in [0.15, 0.2) is 0 Å². The van der Waals surface area contributed by atoms with Gasteiger partial charge in [-0.2, -0.15) is 0 Å². The second-order valence-corrected chi connectivity index (χ2v) is 2.78. The smallest absolute Gasteiger partial charge is 0.315 e. The normalized spacial score (nSPS) is 23.8. The molecule has 1 aliphatic rings. The summed E-state index contributed by atoms with van der Waals surface area (Å²) in [7, 11) is 0. The number of ether oxygens (including phenoxy) is 1. The fraction of sp³-hybridized carbons (Fsp3) is 0.750. The van der Waals surface area contributed by atoms with Crippen LogP contribution in [0.5, 0.6) is 0 Å². The van der Waals surface area contributed by atoms with Gasteiger partial charge in [0.1, 0.15) is 5.92 Å². The lowest BCUT2D eigenvalue weighted by molar-refractivity contribution is -0.145. The average molecular weight is 170 g/mol. The maximum Gasteiger partial charge on any atom is 0.315 e. The van der Waals surface area contributed by atoms with Gasteiger partial charge in [-0.05, 0) is 13.3 Å². The van der Waals surface area contributed by atoms with Crippen LogP contribution in [-0.4, -0.2) is 31.4 Å². The number of carbonyl (C=O) groups excluding carboxylic acids is 1. The zero-order valence-electron chi connectivity index (χ0n) is 7.22. The summed E-state index contributed by atoms with van der Waals surface area (Å²) in [6.07, 6.45) is 0.656. The summed E-state index contributed by atoms with van der Waals surface area (Å²) in [5, 5.41) is 10.6. The largest absolute Gasteiger partial charge is 0.465 e. The highest BCUT2D eigenvalue weighted by atomic mass is 16.5. The van der Waals surface area contributed by atoms with Crippen LogP contribution in [0.25, 0.3) is 0 Å². The SMILES string of the molecule is CCOC(=O)C1CNCCC1=N. The molecule has 1 heterocycles. The lowest BCUT2D eigenvalue weighted by Crippen LogP contribution is -2.41. The molecule has 1 saturated heterocycles. The Morgan fingerprint density at radius 1 is 1.83 bits per heavy atom. The Hall–Kier alpha value is -0.900. The standard InChI is InChI=1S/C8H14N2O2/c1-2-12-8(11)6-5-10-4-3-7(6)9/h6,9-10H,2-5H2,1H3. The molecule has 0 aromatic carbocycles. The van der Waals surface area contributed by atoms with Crippen LogP contribution in [0.1, 0.15) is 13.3 Å². The molecule has 4 heteroatoms. The summed E-state index contributed by atoms with van der Waals surface area (Å²) >= 11 is 0. The van der Waals surface area contributed by atoms with Gasteiger partial charge in [-0.1, -0.05) is 0 Å². The van der Waals surface area contributed by atoms with Crippen molar-refractivity contribution in [2.24, 2.45) is 5.92 Å². The average Bonchev–Trinajstić information content (AvgIpc) is 2.05. The minimum atomic E-state index is -0.348. The molecule has 1 unspecified atom stereocenters. The number of rotatable bonds is 2. The van der Waals surface area contributed by atoms with E-state index in [0.717, 1.165) is 6.54 Å². The van der Waals surface area contributed by atoms with Gasteiger partial charge in [0.05, 0.1) is 6.61 Å². The van der Waals surface area contributed by atoms with Gasteiger partial charge in [0.15, 0.2) is 0 Å². The monoisotopic (exact) mass is 170 g/mol. The van der Waals surface area contributed by atoms with Crippen molar-refractivity contribution >= 4 is 11.7 Å². The second-order valence-electron chi connectivity index (χ2n) is 2.78. The van der Waals surface area contributed by atoms with Crippen LogP contribution < -0.4 is 5.32 Å². The Labute approximate surface area is 71.8 Å². The molecule has 0 aliphatic carbocycles. The Kier molecular flexibility index (Phi) is 3.22. The number of hydrogen-bond donors (Lipinski definition) is 2. The molecule has 1 rings (SSSR count). The van der Waals surface area contributed by atoms with Crippen LogP contribution >= 0.6 is 0 Å². The minimum absolute atomic E-state index is 0.269. The quantitative estimate of drug-likeness (QED) is 0.581. The molecular weight excluding hydrogens is 156 g/mol. The molecule has 0 aromatic heterocycles. The molecule has 2 N–H and O–H groups in total. The summed E-state index contributed by atoms with van der Waals surface area (Å²) < 4.78 is 4.83. The van der Waals surface area contributed by atoms with E-state index in [-0.39, 0.29) is 11.9 Å². The molecule has 1 fully saturated rings. The predicted octanol–water partition coefficient (Wildman–Crippen LogP) is 0.179. The first-order valence-electron chi connectivity index (χ1n) is 4.20. The van der Waals surface area contributed by atoms with Crippen molar-refractivity contribution in [3.63, 3.8) is 0 Å². The third kappa shape index (κ3) is 2.04. The number of carbonyl (C=O) groups is 1. The summed E-state index contributed by atoms with van der Waals surface area (Å²) in [6.45, 7) is 3.52. The molecular formula is C8H14N2O2. The first-order valence-corrected chi connectivity index (χ1v) is 4.20. The van der Waals surface area contributed by atoms with Crippen molar-refractivity contribution in [2.45, 2.75) is 13.3 Å². The lowest BCUT2D eigenvalue weighted by atomic mass is 9.97. The summed E-state index contributed by atoms with van der Waals surface area (Å²) in [5.74, 6) is -0.617. The molecule has 0 bridgehead atoms. The molecule has 1 atom stereocenters. The lowest BCUT2D eigenvalue weighted by Gasteiger charge is -2.21. The third-order valence-electron chi connectivity index (χ3n) is 1.91. The molecule has 0 radical (unpaired) electrons. The number of nitrogens with one attached hydrogen (secondary N) is 2. The van der Waals surface area contributed by atoms with E-state index in [1.54, 1.807) is 6.92 Å². The van der Waals surface area contributed by atoms with E-state index in [4.69, 9.17) is 10.1 Å². The van der Waals surface area contributed by atoms with Crippen LogP contribution in [0.2, 0.25) is 0 Å². The van der Waals surface area contributed by atoms with Gasteiger partial charge in [0.2, 0.25) is 0 Å².